The molecule has 1 nitrogen and oxygen atoms in total. The summed E-state index contributed by atoms with van der Waals surface area (Å²) >= 11 is 0. The molecule has 0 saturated carbocycles. The summed E-state index contributed by atoms with van der Waals surface area (Å²) in [5, 5.41) is 0. The van der Waals surface area contributed by atoms with Gasteiger partial charge in [-0.2, -0.15) is 0 Å². The Balaban J connectivity index is 3.73. The predicted octanol–water partition coefficient (Wildman–Crippen LogP) is 5.76. The van der Waals surface area contributed by atoms with Gasteiger partial charge in [0.2, 0.25) is 0 Å². The van der Waals surface area contributed by atoms with Crippen LogP contribution in [0, 0.1) is 0 Å². The smallest absolute Gasteiger partial charge is 0.0387 e. The zero-order chi connectivity index (χ0) is 14.9. The summed E-state index contributed by atoms with van der Waals surface area (Å²) in [5.41, 5.74) is 13.2. The van der Waals surface area contributed by atoms with Crippen LogP contribution in [-0.4, -0.2) is 0 Å². The van der Waals surface area contributed by atoms with E-state index in [1.165, 1.54) is 22.3 Å². The Morgan fingerprint density at radius 2 is 1.05 bits per heavy atom. The van der Waals surface area contributed by atoms with Crippen molar-refractivity contribution in [3.8, 4) is 0 Å². The maximum atomic E-state index is 6.49. The minimum atomic E-state index is 0.480. The van der Waals surface area contributed by atoms with E-state index < -0.39 is 0 Å². The largest absolute Gasteiger partial charge is 0.398 e. The number of benzene rings is 1. The fourth-order valence-corrected chi connectivity index (χ4v) is 3.00. The van der Waals surface area contributed by atoms with Gasteiger partial charge in [-0.1, -0.05) is 61.5 Å². The molecule has 0 spiro atoms. The Labute approximate surface area is 119 Å². The van der Waals surface area contributed by atoms with Crippen LogP contribution < -0.4 is 5.73 Å². The van der Waals surface area contributed by atoms with Gasteiger partial charge in [-0.3, -0.25) is 0 Å². The van der Waals surface area contributed by atoms with E-state index in [1.807, 2.05) is 0 Å². The van der Waals surface area contributed by atoms with Gasteiger partial charge in [-0.05, 0) is 45.9 Å². The van der Waals surface area contributed by atoms with E-state index in [-0.39, 0.29) is 0 Å². The first kappa shape index (κ1) is 16.1. The van der Waals surface area contributed by atoms with Crippen molar-refractivity contribution in [1.29, 1.82) is 0 Å². The van der Waals surface area contributed by atoms with Gasteiger partial charge in [0.1, 0.15) is 0 Å². The molecule has 0 heterocycles. The highest BCUT2D eigenvalue weighted by Crippen LogP contribution is 2.40. The zero-order valence-corrected chi connectivity index (χ0v) is 14.0. The summed E-state index contributed by atoms with van der Waals surface area (Å²) in [7, 11) is 0. The number of hydrogen-bond acceptors (Lipinski definition) is 1. The molecular formula is C18H31N. The molecule has 1 rings (SSSR count). The molecule has 1 heteroatoms. The summed E-state index contributed by atoms with van der Waals surface area (Å²) in [5.74, 6) is 2.04. The highest BCUT2D eigenvalue weighted by molar-refractivity contribution is 5.63. The van der Waals surface area contributed by atoms with Gasteiger partial charge in [0, 0.05) is 5.69 Å². The number of hydrogen-bond donors (Lipinski definition) is 1. The number of nitrogens with two attached hydrogens (primary N) is 1. The van der Waals surface area contributed by atoms with Crippen molar-refractivity contribution < 1.29 is 0 Å². The molecule has 2 N–H and O–H groups in total. The average Bonchev–Trinajstić information content (AvgIpc) is 2.26. The Kier molecular flexibility index (Phi) is 5.06. The van der Waals surface area contributed by atoms with E-state index in [9.17, 15) is 0 Å². The van der Waals surface area contributed by atoms with Gasteiger partial charge in [0.05, 0.1) is 0 Å². The molecule has 0 aliphatic rings. The summed E-state index contributed by atoms with van der Waals surface area (Å²) < 4.78 is 0. The lowest BCUT2D eigenvalue weighted by Crippen LogP contribution is -2.12. The van der Waals surface area contributed by atoms with Crippen LogP contribution in [0.15, 0.2) is 6.07 Å². The second kappa shape index (κ2) is 5.98. The summed E-state index contributed by atoms with van der Waals surface area (Å²) in [6.07, 6.45) is 0. The fraction of sp³-hybridized carbons (Fsp3) is 0.667. The minimum Gasteiger partial charge on any atom is -0.398 e. The van der Waals surface area contributed by atoms with Crippen LogP contribution in [0.3, 0.4) is 0 Å². The molecule has 0 radical (unpaired) electrons. The van der Waals surface area contributed by atoms with Crippen molar-refractivity contribution in [2.45, 2.75) is 79.1 Å². The second-order valence-corrected chi connectivity index (χ2v) is 6.91. The van der Waals surface area contributed by atoms with E-state index in [0.717, 1.165) is 5.69 Å². The van der Waals surface area contributed by atoms with Crippen LogP contribution >= 0.6 is 0 Å². The molecule has 0 fully saturated rings. The first-order valence-electron chi connectivity index (χ1n) is 7.64. The molecule has 108 valence electrons. The standard InChI is InChI=1S/C18H31N/c1-10(2)14-9-15(11(3)4)18(19)17(13(7)8)16(14)12(5)6/h9-13H,19H2,1-8H3. The number of rotatable bonds is 4. The van der Waals surface area contributed by atoms with Crippen LogP contribution in [0.2, 0.25) is 0 Å². The quantitative estimate of drug-likeness (QED) is 0.685. The van der Waals surface area contributed by atoms with Crippen LogP contribution in [0.25, 0.3) is 0 Å². The van der Waals surface area contributed by atoms with Gasteiger partial charge in [-0.15, -0.1) is 0 Å². The second-order valence-electron chi connectivity index (χ2n) is 6.91. The van der Waals surface area contributed by atoms with E-state index in [1.54, 1.807) is 0 Å². The summed E-state index contributed by atoms with van der Waals surface area (Å²) in [6.45, 7) is 18.1. The van der Waals surface area contributed by atoms with Gasteiger partial charge < -0.3 is 5.73 Å². The molecule has 1 aromatic rings. The molecule has 0 saturated heterocycles. The van der Waals surface area contributed by atoms with E-state index in [0.29, 0.717) is 23.7 Å². The Morgan fingerprint density at radius 1 is 0.632 bits per heavy atom. The van der Waals surface area contributed by atoms with Crippen molar-refractivity contribution >= 4 is 5.69 Å². The van der Waals surface area contributed by atoms with Crippen molar-refractivity contribution in [2.75, 3.05) is 5.73 Å². The number of anilines is 1. The van der Waals surface area contributed by atoms with Crippen molar-refractivity contribution in [1.82, 2.24) is 0 Å². The van der Waals surface area contributed by atoms with E-state index >= 15 is 0 Å². The zero-order valence-electron chi connectivity index (χ0n) is 14.0. The van der Waals surface area contributed by atoms with Crippen LogP contribution in [-0.2, 0) is 0 Å². The predicted molar refractivity (Wildman–Crippen MR) is 87.2 cm³/mol. The Hall–Kier alpha value is -0.980. The first-order chi connectivity index (χ1) is 8.68. The van der Waals surface area contributed by atoms with Gasteiger partial charge in [0.15, 0.2) is 0 Å². The van der Waals surface area contributed by atoms with Crippen molar-refractivity contribution in [3.05, 3.63) is 28.3 Å². The maximum Gasteiger partial charge on any atom is 0.0387 e. The van der Waals surface area contributed by atoms with E-state index in [4.69, 9.17) is 5.73 Å². The van der Waals surface area contributed by atoms with E-state index in [2.05, 4.69) is 61.5 Å². The lowest BCUT2D eigenvalue weighted by molar-refractivity contribution is 0.740. The topological polar surface area (TPSA) is 26.0 Å². The molecule has 0 aliphatic heterocycles. The van der Waals surface area contributed by atoms with Crippen molar-refractivity contribution in [2.24, 2.45) is 0 Å². The molecule has 0 aromatic heterocycles. The Bertz CT molecular complexity index is 439. The molecule has 1 aromatic carbocycles. The molecule has 0 aliphatic carbocycles. The van der Waals surface area contributed by atoms with Crippen LogP contribution in [0.1, 0.15) is 101 Å². The first-order valence-corrected chi connectivity index (χ1v) is 7.64. The number of nitrogen functional groups attached to an aromatic ring is 1. The molecule has 0 amide bonds. The van der Waals surface area contributed by atoms with Gasteiger partial charge >= 0.3 is 0 Å². The lowest BCUT2D eigenvalue weighted by atomic mass is 9.79. The molecule has 0 bridgehead atoms. The third-order valence-electron chi connectivity index (χ3n) is 3.91. The van der Waals surface area contributed by atoms with Crippen LogP contribution in [0.4, 0.5) is 5.69 Å². The molecular weight excluding hydrogens is 230 g/mol. The monoisotopic (exact) mass is 261 g/mol. The Morgan fingerprint density at radius 3 is 1.37 bits per heavy atom. The van der Waals surface area contributed by atoms with Gasteiger partial charge in [-0.25, -0.2) is 0 Å². The average molecular weight is 261 g/mol. The summed E-state index contributed by atoms with van der Waals surface area (Å²) in [4.78, 5) is 0. The molecule has 19 heavy (non-hydrogen) atoms. The summed E-state index contributed by atoms with van der Waals surface area (Å²) in [6, 6.07) is 2.35. The minimum absolute atomic E-state index is 0.480. The fourth-order valence-electron chi connectivity index (χ4n) is 3.00. The highest BCUT2D eigenvalue weighted by atomic mass is 14.6. The third kappa shape index (κ3) is 3.13. The maximum absolute atomic E-state index is 6.49. The van der Waals surface area contributed by atoms with Gasteiger partial charge in [0.25, 0.3) is 0 Å². The van der Waals surface area contributed by atoms with Crippen molar-refractivity contribution in [3.63, 3.8) is 0 Å². The highest BCUT2D eigenvalue weighted by Gasteiger charge is 2.22. The SMILES string of the molecule is CC(C)c1cc(C(C)C)c(C(C)C)c(C(C)C)c1N. The molecule has 0 unspecified atom stereocenters. The normalized spacial score (nSPS) is 12.2. The lowest BCUT2D eigenvalue weighted by Gasteiger charge is -2.27. The third-order valence-corrected chi connectivity index (χ3v) is 3.91. The molecule has 0 atom stereocenters. The van der Waals surface area contributed by atoms with Crippen LogP contribution in [0.5, 0.6) is 0 Å².